The number of rotatable bonds is 8. The van der Waals surface area contributed by atoms with Gasteiger partial charge in [0, 0.05) is 30.8 Å². The molecule has 0 aliphatic carbocycles. The predicted molar refractivity (Wildman–Crippen MR) is 74.4 cm³/mol. The van der Waals surface area contributed by atoms with Gasteiger partial charge in [-0.15, -0.1) is 0 Å². The second-order valence-corrected chi connectivity index (χ2v) is 4.25. The van der Waals surface area contributed by atoms with Crippen molar-refractivity contribution >= 4 is 11.6 Å². The second kappa shape index (κ2) is 8.11. The highest BCUT2D eigenvalue weighted by molar-refractivity contribution is 5.77. The van der Waals surface area contributed by atoms with Gasteiger partial charge in [0.25, 0.3) is 11.6 Å². The standard InChI is InChI=1S/C13H19N3O4/c1-2-3-6-15-13(17)9-20-12-5-4-11(16(18)19)7-10(12)8-14/h4-5,7H,2-3,6,8-9,14H2,1H3,(H,15,17). The maximum Gasteiger partial charge on any atom is 0.270 e. The van der Waals surface area contributed by atoms with Gasteiger partial charge in [0.15, 0.2) is 6.61 Å². The van der Waals surface area contributed by atoms with E-state index in [4.69, 9.17) is 10.5 Å². The van der Waals surface area contributed by atoms with Crippen molar-refractivity contribution < 1.29 is 14.5 Å². The fourth-order valence-electron chi connectivity index (χ4n) is 1.58. The molecule has 0 bridgehead atoms. The molecule has 0 aromatic heterocycles. The number of unbranched alkanes of at least 4 members (excludes halogenated alkanes) is 1. The molecular formula is C13H19N3O4. The lowest BCUT2D eigenvalue weighted by Gasteiger charge is -2.10. The number of nitrogens with zero attached hydrogens (tertiary/aromatic N) is 1. The van der Waals surface area contributed by atoms with Crippen LogP contribution in [0.5, 0.6) is 5.75 Å². The average Bonchev–Trinajstić information content (AvgIpc) is 2.45. The number of nitro benzene ring substituents is 1. The van der Waals surface area contributed by atoms with Crippen molar-refractivity contribution in [2.45, 2.75) is 26.3 Å². The Kier molecular flexibility index (Phi) is 6.45. The molecule has 1 aromatic carbocycles. The number of ether oxygens (including phenoxy) is 1. The molecule has 0 unspecified atom stereocenters. The van der Waals surface area contributed by atoms with E-state index in [0.717, 1.165) is 12.8 Å². The van der Waals surface area contributed by atoms with Gasteiger partial charge in [-0.05, 0) is 12.5 Å². The lowest BCUT2D eigenvalue weighted by atomic mass is 10.2. The molecule has 7 nitrogen and oxygen atoms in total. The Balaban J connectivity index is 2.59. The van der Waals surface area contributed by atoms with Crippen molar-refractivity contribution in [1.29, 1.82) is 0 Å². The average molecular weight is 281 g/mol. The predicted octanol–water partition coefficient (Wildman–Crippen LogP) is 1.35. The summed E-state index contributed by atoms with van der Waals surface area (Å²) in [6.07, 6.45) is 1.91. The van der Waals surface area contributed by atoms with Gasteiger partial charge in [-0.1, -0.05) is 13.3 Å². The highest BCUT2D eigenvalue weighted by Crippen LogP contribution is 2.23. The third-order valence-corrected chi connectivity index (χ3v) is 2.69. The molecule has 0 heterocycles. The molecule has 0 fully saturated rings. The summed E-state index contributed by atoms with van der Waals surface area (Å²) >= 11 is 0. The van der Waals surface area contributed by atoms with Crippen LogP contribution in [0, 0.1) is 10.1 Å². The number of carbonyl (C=O) groups excluding carboxylic acids is 1. The van der Waals surface area contributed by atoms with Crippen molar-refractivity contribution in [3.05, 3.63) is 33.9 Å². The summed E-state index contributed by atoms with van der Waals surface area (Å²) < 4.78 is 5.34. The Hall–Kier alpha value is -2.15. The number of non-ortho nitro benzene ring substituents is 1. The van der Waals surface area contributed by atoms with E-state index < -0.39 is 4.92 Å². The van der Waals surface area contributed by atoms with E-state index in [1.54, 1.807) is 0 Å². The third kappa shape index (κ3) is 4.85. The monoisotopic (exact) mass is 281 g/mol. The molecule has 3 N–H and O–H groups in total. The highest BCUT2D eigenvalue weighted by atomic mass is 16.6. The maximum atomic E-state index is 11.5. The zero-order valence-corrected chi connectivity index (χ0v) is 11.4. The Morgan fingerprint density at radius 2 is 2.25 bits per heavy atom. The third-order valence-electron chi connectivity index (χ3n) is 2.69. The number of nitrogens with two attached hydrogens (primary N) is 1. The Bertz CT molecular complexity index is 477. The number of amides is 1. The fraction of sp³-hybridized carbons (Fsp3) is 0.462. The smallest absolute Gasteiger partial charge is 0.270 e. The van der Waals surface area contributed by atoms with Gasteiger partial charge in [-0.3, -0.25) is 14.9 Å². The second-order valence-electron chi connectivity index (χ2n) is 4.25. The molecule has 110 valence electrons. The Morgan fingerprint density at radius 1 is 1.50 bits per heavy atom. The van der Waals surface area contributed by atoms with Crippen LogP contribution in [-0.4, -0.2) is 24.0 Å². The van der Waals surface area contributed by atoms with Gasteiger partial charge >= 0.3 is 0 Å². The number of hydrogen-bond acceptors (Lipinski definition) is 5. The van der Waals surface area contributed by atoms with Gasteiger partial charge in [0.1, 0.15) is 5.75 Å². The van der Waals surface area contributed by atoms with Crippen LogP contribution in [0.2, 0.25) is 0 Å². The van der Waals surface area contributed by atoms with Crippen LogP contribution in [0.3, 0.4) is 0 Å². The number of carbonyl (C=O) groups is 1. The first-order chi connectivity index (χ1) is 9.58. The number of hydrogen-bond donors (Lipinski definition) is 2. The van der Waals surface area contributed by atoms with Crippen LogP contribution in [0.25, 0.3) is 0 Å². The van der Waals surface area contributed by atoms with Crippen LogP contribution < -0.4 is 15.8 Å². The number of benzene rings is 1. The van der Waals surface area contributed by atoms with E-state index in [2.05, 4.69) is 5.32 Å². The van der Waals surface area contributed by atoms with Crippen LogP contribution in [0.1, 0.15) is 25.3 Å². The van der Waals surface area contributed by atoms with Crippen molar-refractivity contribution in [3.63, 3.8) is 0 Å². The molecule has 1 amide bonds. The highest BCUT2D eigenvalue weighted by Gasteiger charge is 2.11. The van der Waals surface area contributed by atoms with Crippen molar-refractivity contribution in [1.82, 2.24) is 5.32 Å². The van der Waals surface area contributed by atoms with Gasteiger partial charge in [-0.2, -0.15) is 0 Å². The summed E-state index contributed by atoms with van der Waals surface area (Å²) in [4.78, 5) is 21.6. The van der Waals surface area contributed by atoms with E-state index in [-0.39, 0.29) is 24.7 Å². The molecule has 0 atom stereocenters. The summed E-state index contributed by atoms with van der Waals surface area (Å²) in [5.41, 5.74) is 5.97. The molecule has 0 spiro atoms. The van der Waals surface area contributed by atoms with Gasteiger partial charge in [0.2, 0.25) is 0 Å². The summed E-state index contributed by atoms with van der Waals surface area (Å²) in [5, 5.41) is 13.4. The van der Waals surface area contributed by atoms with Crippen LogP contribution >= 0.6 is 0 Å². The van der Waals surface area contributed by atoms with Gasteiger partial charge in [0.05, 0.1) is 4.92 Å². The van der Waals surface area contributed by atoms with Crippen LogP contribution in [-0.2, 0) is 11.3 Å². The summed E-state index contributed by atoms with van der Waals surface area (Å²) in [6, 6.07) is 4.13. The number of nitro groups is 1. The minimum atomic E-state index is -0.500. The fourth-order valence-corrected chi connectivity index (χ4v) is 1.58. The molecule has 0 saturated carbocycles. The molecule has 0 aliphatic rings. The minimum absolute atomic E-state index is 0.0507. The van der Waals surface area contributed by atoms with E-state index >= 15 is 0 Å². The molecule has 20 heavy (non-hydrogen) atoms. The maximum absolute atomic E-state index is 11.5. The Labute approximate surface area is 117 Å². The lowest BCUT2D eigenvalue weighted by molar-refractivity contribution is -0.384. The SMILES string of the molecule is CCCCNC(=O)COc1ccc([N+](=O)[O-])cc1CN. The van der Waals surface area contributed by atoms with E-state index in [0.29, 0.717) is 17.9 Å². The normalized spacial score (nSPS) is 10.1. The molecule has 0 saturated heterocycles. The lowest BCUT2D eigenvalue weighted by Crippen LogP contribution is -2.29. The first-order valence-corrected chi connectivity index (χ1v) is 6.45. The molecule has 0 aliphatic heterocycles. The molecule has 1 rings (SSSR count). The molecular weight excluding hydrogens is 262 g/mol. The summed E-state index contributed by atoms with van der Waals surface area (Å²) in [6.45, 7) is 2.62. The van der Waals surface area contributed by atoms with Gasteiger partial charge in [-0.25, -0.2) is 0 Å². The number of nitrogens with one attached hydrogen (secondary N) is 1. The van der Waals surface area contributed by atoms with Crippen LogP contribution in [0.4, 0.5) is 5.69 Å². The first kappa shape index (κ1) is 15.9. The largest absolute Gasteiger partial charge is 0.483 e. The van der Waals surface area contributed by atoms with Crippen molar-refractivity contribution in [2.24, 2.45) is 5.73 Å². The first-order valence-electron chi connectivity index (χ1n) is 6.45. The van der Waals surface area contributed by atoms with E-state index in [1.165, 1.54) is 18.2 Å². The van der Waals surface area contributed by atoms with E-state index in [1.807, 2.05) is 6.92 Å². The topological polar surface area (TPSA) is 107 Å². The quantitative estimate of drug-likeness (QED) is 0.425. The van der Waals surface area contributed by atoms with Crippen LogP contribution in [0.15, 0.2) is 18.2 Å². The minimum Gasteiger partial charge on any atom is -0.483 e. The zero-order valence-electron chi connectivity index (χ0n) is 11.4. The van der Waals surface area contributed by atoms with Crippen molar-refractivity contribution in [3.8, 4) is 5.75 Å². The van der Waals surface area contributed by atoms with E-state index in [9.17, 15) is 14.9 Å². The Morgan fingerprint density at radius 3 is 2.85 bits per heavy atom. The zero-order chi connectivity index (χ0) is 15.0. The molecule has 0 radical (unpaired) electrons. The van der Waals surface area contributed by atoms with Gasteiger partial charge < -0.3 is 15.8 Å². The molecule has 1 aromatic rings. The summed E-state index contributed by atoms with van der Waals surface area (Å²) in [7, 11) is 0. The molecule has 7 heteroatoms. The summed E-state index contributed by atoms with van der Waals surface area (Å²) in [5.74, 6) is 0.170. The van der Waals surface area contributed by atoms with Crippen molar-refractivity contribution in [2.75, 3.05) is 13.2 Å².